The van der Waals surface area contributed by atoms with Crippen LogP contribution in [0.1, 0.15) is 38.8 Å². The summed E-state index contributed by atoms with van der Waals surface area (Å²) in [6, 6.07) is 0. The van der Waals surface area contributed by atoms with Gasteiger partial charge in [-0.15, -0.1) is 0 Å². The van der Waals surface area contributed by atoms with Crippen LogP contribution in [0, 0.1) is 5.92 Å². The van der Waals surface area contributed by atoms with Crippen LogP contribution in [-0.4, -0.2) is 15.5 Å². The number of nitrogens with zero attached hydrogens (tertiary/aromatic N) is 1. The molecule has 0 fully saturated rings. The molecule has 1 amide bonds. The molecule has 16 heavy (non-hydrogen) atoms. The summed E-state index contributed by atoms with van der Waals surface area (Å²) in [5.41, 5.74) is 5.59. The van der Waals surface area contributed by atoms with E-state index in [1.807, 2.05) is 0 Å². The molecular weight excluding hydrogens is 206 g/mol. The second-order valence-electron chi connectivity index (χ2n) is 4.51. The Labute approximate surface area is 94.7 Å². The van der Waals surface area contributed by atoms with Gasteiger partial charge in [0.1, 0.15) is 0 Å². The van der Waals surface area contributed by atoms with Crippen LogP contribution in [-0.2, 0) is 11.3 Å². The summed E-state index contributed by atoms with van der Waals surface area (Å²) >= 11 is 0. The number of aromatic amines is 1. The summed E-state index contributed by atoms with van der Waals surface area (Å²) in [5, 5.41) is 0. The van der Waals surface area contributed by atoms with Crippen molar-refractivity contribution in [3.63, 3.8) is 0 Å². The molecule has 0 aliphatic carbocycles. The Bertz CT molecular complexity index is 417. The molecule has 1 rings (SSSR count). The monoisotopic (exact) mass is 225 g/mol. The average Bonchev–Trinajstić information content (AvgIpc) is 2.55. The fourth-order valence-electron chi connectivity index (χ4n) is 1.39. The van der Waals surface area contributed by atoms with Crippen molar-refractivity contribution in [1.82, 2.24) is 9.55 Å². The first-order valence-electron chi connectivity index (χ1n) is 5.50. The lowest BCUT2D eigenvalue weighted by Gasteiger charge is -2.04. The zero-order valence-electron chi connectivity index (χ0n) is 9.99. The number of hydrogen-bond donors (Lipinski definition) is 2. The van der Waals surface area contributed by atoms with E-state index in [9.17, 15) is 9.59 Å². The molecule has 5 nitrogen and oxygen atoms in total. The highest BCUT2D eigenvalue weighted by Crippen LogP contribution is 2.10. The molecule has 5 heteroatoms. The zero-order valence-corrected chi connectivity index (χ0v) is 9.99. The largest absolute Gasteiger partial charge is 0.369 e. The van der Waals surface area contributed by atoms with Gasteiger partial charge in [-0.2, -0.15) is 0 Å². The Morgan fingerprint density at radius 1 is 1.50 bits per heavy atom. The highest BCUT2D eigenvalue weighted by molar-refractivity contribution is 5.80. The third-order valence-corrected chi connectivity index (χ3v) is 2.65. The third kappa shape index (κ3) is 2.98. The summed E-state index contributed by atoms with van der Waals surface area (Å²) in [7, 11) is 0. The molecule has 3 N–H and O–H groups in total. The predicted octanol–water partition coefficient (Wildman–Crippen LogP) is 0.811. The van der Waals surface area contributed by atoms with Crippen molar-refractivity contribution < 1.29 is 4.79 Å². The number of aromatic nitrogens is 2. The van der Waals surface area contributed by atoms with Gasteiger partial charge in [0.25, 0.3) is 0 Å². The number of rotatable bonds is 5. The van der Waals surface area contributed by atoms with E-state index in [1.54, 1.807) is 17.7 Å². The lowest BCUT2D eigenvalue weighted by atomic mass is 10.1. The maximum absolute atomic E-state index is 11.5. The van der Waals surface area contributed by atoms with E-state index < -0.39 is 11.8 Å². The van der Waals surface area contributed by atoms with Crippen molar-refractivity contribution in [3.05, 3.63) is 22.4 Å². The Morgan fingerprint density at radius 2 is 2.12 bits per heavy atom. The number of aryl methyl sites for hydroxylation is 1. The van der Waals surface area contributed by atoms with E-state index in [2.05, 4.69) is 18.8 Å². The standard InChI is InChI=1S/C11H19N3O2/c1-7(2)4-5-14-6-9(13-11(14)16)8(3)10(12)15/h6-8H,4-5H2,1-3H3,(H2,12,15)(H,13,16). The minimum absolute atomic E-state index is 0.177. The third-order valence-electron chi connectivity index (χ3n) is 2.65. The van der Waals surface area contributed by atoms with Crippen LogP contribution in [0.15, 0.2) is 11.0 Å². The van der Waals surface area contributed by atoms with Gasteiger partial charge in [-0.3, -0.25) is 9.36 Å². The molecule has 0 aromatic carbocycles. The number of hydrogen-bond acceptors (Lipinski definition) is 2. The van der Waals surface area contributed by atoms with Gasteiger partial charge in [0, 0.05) is 18.4 Å². The Hall–Kier alpha value is -1.52. The van der Waals surface area contributed by atoms with E-state index in [0.29, 0.717) is 18.2 Å². The van der Waals surface area contributed by atoms with Crippen molar-refractivity contribution in [1.29, 1.82) is 0 Å². The highest BCUT2D eigenvalue weighted by Gasteiger charge is 2.15. The smallest absolute Gasteiger partial charge is 0.325 e. The summed E-state index contributed by atoms with van der Waals surface area (Å²) in [5.74, 6) is -0.343. The van der Waals surface area contributed by atoms with Crippen LogP contribution < -0.4 is 11.4 Å². The molecule has 0 aliphatic rings. The van der Waals surface area contributed by atoms with Gasteiger partial charge < -0.3 is 10.7 Å². The van der Waals surface area contributed by atoms with Crippen LogP contribution in [0.3, 0.4) is 0 Å². The fraction of sp³-hybridized carbons (Fsp3) is 0.636. The van der Waals surface area contributed by atoms with Gasteiger partial charge in [-0.05, 0) is 19.3 Å². The van der Waals surface area contributed by atoms with Crippen LogP contribution >= 0.6 is 0 Å². The molecule has 1 atom stereocenters. The van der Waals surface area contributed by atoms with E-state index in [-0.39, 0.29) is 5.69 Å². The van der Waals surface area contributed by atoms with Gasteiger partial charge in [-0.1, -0.05) is 13.8 Å². The molecule has 1 aromatic rings. The Balaban J connectivity index is 2.82. The fourth-order valence-corrected chi connectivity index (χ4v) is 1.39. The second kappa shape index (κ2) is 5.01. The van der Waals surface area contributed by atoms with Crippen LogP contribution in [0.5, 0.6) is 0 Å². The Kier molecular flexibility index (Phi) is 3.93. The van der Waals surface area contributed by atoms with Gasteiger partial charge in [0.05, 0.1) is 5.92 Å². The lowest BCUT2D eigenvalue weighted by Crippen LogP contribution is -2.20. The highest BCUT2D eigenvalue weighted by atomic mass is 16.2. The quantitative estimate of drug-likeness (QED) is 0.777. The molecule has 0 aliphatic heterocycles. The number of amides is 1. The molecule has 1 heterocycles. The molecule has 0 bridgehead atoms. The van der Waals surface area contributed by atoms with E-state index >= 15 is 0 Å². The number of imidazole rings is 1. The number of nitrogens with one attached hydrogen (secondary N) is 1. The first-order chi connectivity index (χ1) is 7.41. The number of H-pyrrole nitrogens is 1. The normalized spacial score (nSPS) is 13.0. The maximum atomic E-state index is 11.5. The molecular formula is C11H19N3O2. The molecule has 0 radical (unpaired) electrons. The van der Waals surface area contributed by atoms with E-state index in [4.69, 9.17) is 5.73 Å². The van der Waals surface area contributed by atoms with Crippen molar-refractivity contribution in [2.45, 2.75) is 39.7 Å². The van der Waals surface area contributed by atoms with Crippen molar-refractivity contribution >= 4 is 5.91 Å². The number of carbonyl (C=O) groups excluding carboxylic acids is 1. The molecule has 0 saturated heterocycles. The summed E-state index contributed by atoms with van der Waals surface area (Å²) < 4.78 is 1.59. The molecule has 1 aromatic heterocycles. The average molecular weight is 225 g/mol. The first-order valence-corrected chi connectivity index (χ1v) is 5.50. The SMILES string of the molecule is CC(C)CCn1cc(C(C)C(N)=O)[nH]c1=O. The number of primary amides is 1. The van der Waals surface area contributed by atoms with Crippen molar-refractivity contribution in [2.24, 2.45) is 11.7 Å². The number of nitrogens with two attached hydrogens (primary N) is 1. The zero-order chi connectivity index (χ0) is 12.3. The molecule has 0 spiro atoms. The van der Waals surface area contributed by atoms with Gasteiger partial charge in [-0.25, -0.2) is 4.79 Å². The molecule has 1 unspecified atom stereocenters. The Morgan fingerprint density at radius 3 is 2.62 bits per heavy atom. The minimum Gasteiger partial charge on any atom is -0.369 e. The maximum Gasteiger partial charge on any atom is 0.325 e. The van der Waals surface area contributed by atoms with Crippen LogP contribution in [0.25, 0.3) is 0 Å². The van der Waals surface area contributed by atoms with Crippen molar-refractivity contribution in [3.8, 4) is 0 Å². The van der Waals surface area contributed by atoms with Crippen LogP contribution in [0.2, 0.25) is 0 Å². The van der Waals surface area contributed by atoms with Gasteiger partial charge in [0.15, 0.2) is 0 Å². The van der Waals surface area contributed by atoms with Gasteiger partial charge in [0.2, 0.25) is 5.91 Å². The minimum atomic E-state index is -0.451. The second-order valence-corrected chi connectivity index (χ2v) is 4.51. The van der Waals surface area contributed by atoms with E-state index in [0.717, 1.165) is 6.42 Å². The molecule has 90 valence electrons. The summed E-state index contributed by atoms with van der Waals surface area (Å²) in [4.78, 5) is 25.2. The summed E-state index contributed by atoms with van der Waals surface area (Å²) in [6.45, 7) is 6.55. The topological polar surface area (TPSA) is 80.9 Å². The van der Waals surface area contributed by atoms with Crippen LogP contribution in [0.4, 0.5) is 0 Å². The lowest BCUT2D eigenvalue weighted by molar-refractivity contribution is -0.119. The molecule has 0 saturated carbocycles. The van der Waals surface area contributed by atoms with E-state index in [1.165, 1.54) is 0 Å². The van der Waals surface area contributed by atoms with Crippen molar-refractivity contribution in [2.75, 3.05) is 0 Å². The van der Waals surface area contributed by atoms with Gasteiger partial charge >= 0.3 is 5.69 Å². The summed E-state index contributed by atoms with van der Waals surface area (Å²) in [6.07, 6.45) is 2.61. The number of carbonyl (C=O) groups is 1. The predicted molar refractivity (Wildman–Crippen MR) is 62.1 cm³/mol. The first kappa shape index (κ1) is 12.5.